The lowest BCUT2D eigenvalue weighted by atomic mass is 9.96. The maximum absolute atomic E-state index is 6.01. The Morgan fingerprint density at radius 1 is 1.47 bits per heavy atom. The normalized spacial score (nSPS) is 23.1. The van der Waals surface area contributed by atoms with Crippen molar-refractivity contribution in [3.05, 3.63) is 28.8 Å². The van der Waals surface area contributed by atoms with Gasteiger partial charge in [-0.1, -0.05) is 11.6 Å². The van der Waals surface area contributed by atoms with Crippen LogP contribution in [0.1, 0.15) is 25.8 Å². The average molecular weight is 253 g/mol. The molecule has 0 amide bonds. The van der Waals surface area contributed by atoms with Crippen molar-refractivity contribution in [1.82, 2.24) is 0 Å². The highest BCUT2D eigenvalue weighted by Crippen LogP contribution is 2.38. The van der Waals surface area contributed by atoms with Crippen molar-refractivity contribution >= 4 is 17.3 Å². The zero-order chi connectivity index (χ0) is 12.6. The van der Waals surface area contributed by atoms with Crippen LogP contribution >= 0.6 is 11.6 Å². The van der Waals surface area contributed by atoms with E-state index in [0.29, 0.717) is 5.92 Å². The first kappa shape index (κ1) is 12.7. The minimum absolute atomic E-state index is 0.183. The summed E-state index contributed by atoms with van der Waals surface area (Å²) in [6.07, 6.45) is 1.16. The van der Waals surface area contributed by atoms with Crippen molar-refractivity contribution in [2.45, 2.75) is 32.7 Å². The fourth-order valence-electron chi connectivity index (χ4n) is 2.89. The fraction of sp³-hybridized carbons (Fsp3) is 0.571. The predicted molar refractivity (Wildman–Crippen MR) is 74.8 cm³/mol. The van der Waals surface area contributed by atoms with E-state index in [9.17, 15) is 0 Å². The molecule has 2 rings (SSSR count). The van der Waals surface area contributed by atoms with Crippen LogP contribution in [0.4, 0.5) is 5.69 Å². The van der Waals surface area contributed by atoms with Crippen molar-refractivity contribution in [3.8, 4) is 0 Å². The van der Waals surface area contributed by atoms with Crippen molar-refractivity contribution in [2.24, 2.45) is 11.7 Å². The van der Waals surface area contributed by atoms with Gasteiger partial charge in [-0.05, 0) is 63.4 Å². The van der Waals surface area contributed by atoms with Gasteiger partial charge in [0.05, 0.1) is 0 Å². The molecule has 0 aromatic heterocycles. The van der Waals surface area contributed by atoms with Gasteiger partial charge < -0.3 is 10.6 Å². The summed E-state index contributed by atoms with van der Waals surface area (Å²) in [6.45, 7) is 8.51. The number of nitrogens with zero attached hydrogens (tertiary/aromatic N) is 1. The molecule has 17 heavy (non-hydrogen) atoms. The average Bonchev–Trinajstić information content (AvgIpc) is 2.54. The number of aryl methyl sites for hydroxylation is 1. The molecule has 1 unspecified atom stereocenters. The predicted octanol–water partition coefficient (Wildman–Crippen LogP) is 3.21. The molecule has 0 radical (unpaired) electrons. The second kappa shape index (κ2) is 4.51. The van der Waals surface area contributed by atoms with Crippen LogP contribution in [0.2, 0.25) is 5.02 Å². The minimum atomic E-state index is 0.183. The van der Waals surface area contributed by atoms with E-state index in [1.54, 1.807) is 0 Å². The number of nitrogens with two attached hydrogens (primary N) is 1. The van der Waals surface area contributed by atoms with E-state index in [1.807, 2.05) is 12.1 Å². The lowest BCUT2D eigenvalue weighted by molar-refractivity contribution is 0.476. The fourth-order valence-corrected chi connectivity index (χ4v) is 3.12. The summed E-state index contributed by atoms with van der Waals surface area (Å²) < 4.78 is 0. The summed E-state index contributed by atoms with van der Waals surface area (Å²) in [6, 6.07) is 6.12. The van der Waals surface area contributed by atoms with Crippen LogP contribution in [0.15, 0.2) is 18.2 Å². The zero-order valence-electron chi connectivity index (χ0n) is 10.8. The summed E-state index contributed by atoms with van der Waals surface area (Å²) >= 11 is 6.01. The Morgan fingerprint density at radius 2 is 2.18 bits per heavy atom. The van der Waals surface area contributed by atoms with E-state index >= 15 is 0 Å². The van der Waals surface area contributed by atoms with Gasteiger partial charge in [-0.15, -0.1) is 0 Å². The summed E-state index contributed by atoms with van der Waals surface area (Å²) in [5.74, 6) is 0.597. The van der Waals surface area contributed by atoms with Gasteiger partial charge in [0.15, 0.2) is 0 Å². The highest BCUT2D eigenvalue weighted by Gasteiger charge is 2.38. The summed E-state index contributed by atoms with van der Waals surface area (Å²) in [5, 5.41) is 0.804. The van der Waals surface area contributed by atoms with Crippen LogP contribution in [0.25, 0.3) is 0 Å². The SMILES string of the molecule is Cc1cc(Cl)ccc1N1CC(CN)CC1(C)C. The first-order valence-electron chi connectivity index (χ1n) is 6.18. The lowest BCUT2D eigenvalue weighted by Crippen LogP contribution is -2.38. The Kier molecular flexibility index (Phi) is 3.37. The zero-order valence-corrected chi connectivity index (χ0v) is 11.6. The van der Waals surface area contributed by atoms with E-state index in [1.165, 1.54) is 11.3 Å². The van der Waals surface area contributed by atoms with Crippen molar-refractivity contribution in [2.75, 3.05) is 18.0 Å². The van der Waals surface area contributed by atoms with Gasteiger partial charge in [-0.25, -0.2) is 0 Å². The van der Waals surface area contributed by atoms with Crippen molar-refractivity contribution < 1.29 is 0 Å². The smallest absolute Gasteiger partial charge is 0.0410 e. The van der Waals surface area contributed by atoms with Gasteiger partial charge in [0.1, 0.15) is 0 Å². The molecule has 1 aromatic rings. The van der Waals surface area contributed by atoms with E-state index in [0.717, 1.165) is 24.5 Å². The van der Waals surface area contributed by atoms with Crippen LogP contribution in [0.3, 0.4) is 0 Å². The third kappa shape index (κ3) is 2.43. The molecule has 1 heterocycles. The summed E-state index contributed by atoms with van der Waals surface area (Å²) in [7, 11) is 0. The number of rotatable bonds is 2. The third-order valence-corrected chi connectivity index (χ3v) is 3.98. The largest absolute Gasteiger partial charge is 0.366 e. The Labute approximate surface area is 109 Å². The van der Waals surface area contributed by atoms with E-state index in [4.69, 9.17) is 17.3 Å². The van der Waals surface area contributed by atoms with Gasteiger partial charge in [0.25, 0.3) is 0 Å². The van der Waals surface area contributed by atoms with Gasteiger partial charge in [0.2, 0.25) is 0 Å². The molecular weight excluding hydrogens is 232 g/mol. The monoisotopic (exact) mass is 252 g/mol. The number of anilines is 1. The summed E-state index contributed by atoms with van der Waals surface area (Å²) in [5.41, 5.74) is 8.52. The molecule has 0 spiro atoms. The second-order valence-electron chi connectivity index (χ2n) is 5.66. The van der Waals surface area contributed by atoms with Crippen molar-refractivity contribution in [3.63, 3.8) is 0 Å². The van der Waals surface area contributed by atoms with Crippen LogP contribution in [-0.4, -0.2) is 18.6 Å². The van der Waals surface area contributed by atoms with Gasteiger partial charge in [-0.2, -0.15) is 0 Å². The highest BCUT2D eigenvalue weighted by molar-refractivity contribution is 6.30. The molecule has 0 aliphatic carbocycles. The molecule has 1 aromatic carbocycles. The second-order valence-corrected chi connectivity index (χ2v) is 6.10. The number of hydrogen-bond donors (Lipinski definition) is 1. The minimum Gasteiger partial charge on any atom is -0.366 e. The first-order valence-corrected chi connectivity index (χ1v) is 6.55. The van der Waals surface area contributed by atoms with Crippen LogP contribution in [0.5, 0.6) is 0 Å². The van der Waals surface area contributed by atoms with Gasteiger partial charge >= 0.3 is 0 Å². The molecule has 3 heteroatoms. The quantitative estimate of drug-likeness (QED) is 0.876. The molecule has 2 N–H and O–H groups in total. The highest BCUT2D eigenvalue weighted by atomic mass is 35.5. The molecule has 2 nitrogen and oxygen atoms in total. The number of halogens is 1. The lowest BCUT2D eigenvalue weighted by Gasteiger charge is -2.34. The van der Waals surface area contributed by atoms with Crippen LogP contribution < -0.4 is 10.6 Å². The van der Waals surface area contributed by atoms with Crippen LogP contribution in [0, 0.1) is 12.8 Å². The Bertz CT molecular complexity index is 415. The maximum Gasteiger partial charge on any atom is 0.0410 e. The number of benzene rings is 1. The molecule has 1 saturated heterocycles. The molecule has 0 saturated carbocycles. The van der Waals surface area contributed by atoms with Gasteiger partial charge in [-0.3, -0.25) is 0 Å². The Morgan fingerprint density at radius 3 is 2.71 bits per heavy atom. The first-order chi connectivity index (χ1) is 7.94. The number of hydrogen-bond acceptors (Lipinski definition) is 2. The van der Waals surface area contributed by atoms with E-state index < -0.39 is 0 Å². The van der Waals surface area contributed by atoms with E-state index in [2.05, 4.69) is 31.7 Å². The van der Waals surface area contributed by atoms with E-state index in [-0.39, 0.29) is 5.54 Å². The third-order valence-electron chi connectivity index (χ3n) is 3.74. The summed E-state index contributed by atoms with van der Waals surface area (Å²) in [4.78, 5) is 2.47. The van der Waals surface area contributed by atoms with Gasteiger partial charge in [0, 0.05) is 22.8 Å². The Hall–Kier alpha value is -0.730. The molecule has 1 atom stereocenters. The molecule has 1 fully saturated rings. The van der Waals surface area contributed by atoms with Crippen LogP contribution in [-0.2, 0) is 0 Å². The molecule has 94 valence electrons. The molecule has 0 bridgehead atoms. The standard InChI is InChI=1S/C14H21ClN2/c1-10-6-12(15)4-5-13(10)17-9-11(8-16)7-14(17,2)3/h4-6,11H,7-9,16H2,1-3H3. The Balaban J connectivity index is 2.33. The molecular formula is C14H21ClN2. The van der Waals surface area contributed by atoms with Crippen molar-refractivity contribution in [1.29, 1.82) is 0 Å². The topological polar surface area (TPSA) is 29.3 Å². The molecule has 1 aliphatic heterocycles. The molecule has 1 aliphatic rings. The maximum atomic E-state index is 6.01.